The molecular formula is C17H15ClFNO4. The van der Waals surface area contributed by atoms with Crippen molar-refractivity contribution in [1.29, 1.82) is 0 Å². The van der Waals surface area contributed by atoms with Gasteiger partial charge in [-0.2, -0.15) is 0 Å². The minimum absolute atomic E-state index is 0.107. The summed E-state index contributed by atoms with van der Waals surface area (Å²) in [7, 11) is 0. The van der Waals surface area contributed by atoms with Gasteiger partial charge < -0.3 is 15.2 Å². The third kappa shape index (κ3) is 4.70. The van der Waals surface area contributed by atoms with Crippen LogP contribution in [0.4, 0.5) is 4.39 Å². The zero-order chi connectivity index (χ0) is 17.7. The highest BCUT2D eigenvalue weighted by Crippen LogP contribution is 2.22. The summed E-state index contributed by atoms with van der Waals surface area (Å²) in [5.41, 5.74) is 0.974. The van der Waals surface area contributed by atoms with E-state index in [0.717, 1.165) is 0 Å². The fraction of sp³-hybridized carbons (Fsp3) is 0.176. The number of rotatable bonds is 5. The van der Waals surface area contributed by atoms with Crippen molar-refractivity contribution in [2.45, 2.75) is 13.5 Å². The van der Waals surface area contributed by atoms with E-state index in [1.54, 1.807) is 19.1 Å². The lowest BCUT2D eigenvalue weighted by atomic mass is 10.1. The van der Waals surface area contributed by atoms with Crippen LogP contribution in [0, 0.1) is 12.7 Å². The Morgan fingerprint density at radius 1 is 1.25 bits per heavy atom. The van der Waals surface area contributed by atoms with Crippen molar-refractivity contribution < 1.29 is 23.8 Å². The van der Waals surface area contributed by atoms with Gasteiger partial charge in [0.1, 0.15) is 17.1 Å². The van der Waals surface area contributed by atoms with E-state index in [0.29, 0.717) is 11.1 Å². The third-order valence-electron chi connectivity index (χ3n) is 3.24. The highest BCUT2D eigenvalue weighted by molar-refractivity contribution is 6.31. The Bertz CT molecular complexity index is 779. The molecule has 7 heteroatoms. The second-order valence-corrected chi connectivity index (χ2v) is 5.53. The number of carbonyl (C=O) groups excluding carboxylic acids is 2. The van der Waals surface area contributed by atoms with Crippen molar-refractivity contribution >= 4 is 23.5 Å². The Hall–Kier alpha value is -2.60. The molecule has 0 saturated heterocycles. The van der Waals surface area contributed by atoms with Crippen LogP contribution in [0.2, 0.25) is 5.02 Å². The van der Waals surface area contributed by atoms with Crippen LogP contribution >= 0.6 is 11.6 Å². The van der Waals surface area contributed by atoms with Gasteiger partial charge in [0, 0.05) is 11.6 Å². The monoisotopic (exact) mass is 351 g/mol. The normalized spacial score (nSPS) is 10.3. The first-order valence-electron chi connectivity index (χ1n) is 7.04. The van der Waals surface area contributed by atoms with E-state index in [9.17, 15) is 19.1 Å². The van der Waals surface area contributed by atoms with E-state index in [-0.39, 0.29) is 28.7 Å². The fourth-order valence-corrected chi connectivity index (χ4v) is 2.05. The topological polar surface area (TPSA) is 75.6 Å². The van der Waals surface area contributed by atoms with Gasteiger partial charge in [0.15, 0.2) is 6.61 Å². The predicted octanol–water partition coefficient (Wildman–Crippen LogP) is 2.97. The van der Waals surface area contributed by atoms with E-state index >= 15 is 0 Å². The number of phenols is 1. The largest absolute Gasteiger partial charge is 0.507 e. The SMILES string of the molecule is Cc1ccc(CNC(=O)COC(=O)c2cc(Cl)ccc2O)cc1F. The van der Waals surface area contributed by atoms with Crippen LogP contribution in [0.15, 0.2) is 36.4 Å². The standard InChI is InChI=1S/C17H15ClFNO4/c1-10-2-3-11(6-14(10)19)8-20-16(22)9-24-17(23)13-7-12(18)4-5-15(13)21/h2-7,21H,8-9H2,1H3,(H,20,22). The lowest BCUT2D eigenvalue weighted by Crippen LogP contribution is -2.28. The number of esters is 1. The Balaban J connectivity index is 1.85. The number of phenolic OH excluding ortho intramolecular Hbond substituents is 1. The molecule has 2 aromatic rings. The Morgan fingerprint density at radius 3 is 2.71 bits per heavy atom. The molecular weight excluding hydrogens is 337 g/mol. The molecule has 5 nitrogen and oxygen atoms in total. The number of halogens is 2. The quantitative estimate of drug-likeness (QED) is 0.812. The average molecular weight is 352 g/mol. The number of aromatic hydroxyl groups is 1. The minimum Gasteiger partial charge on any atom is -0.507 e. The van der Waals surface area contributed by atoms with Crippen LogP contribution in [0.5, 0.6) is 5.75 Å². The zero-order valence-corrected chi connectivity index (χ0v) is 13.6. The maximum absolute atomic E-state index is 13.4. The molecule has 2 aromatic carbocycles. The first-order chi connectivity index (χ1) is 11.4. The van der Waals surface area contributed by atoms with E-state index in [2.05, 4.69) is 5.32 Å². The molecule has 0 unspecified atom stereocenters. The maximum Gasteiger partial charge on any atom is 0.342 e. The maximum atomic E-state index is 13.4. The van der Waals surface area contributed by atoms with Crippen molar-refractivity contribution in [3.63, 3.8) is 0 Å². The fourth-order valence-electron chi connectivity index (χ4n) is 1.88. The number of nitrogens with one attached hydrogen (secondary N) is 1. The van der Waals surface area contributed by atoms with Crippen LogP contribution in [0.3, 0.4) is 0 Å². The summed E-state index contributed by atoms with van der Waals surface area (Å²) in [4.78, 5) is 23.5. The van der Waals surface area contributed by atoms with E-state index in [4.69, 9.17) is 16.3 Å². The van der Waals surface area contributed by atoms with Crippen molar-refractivity contribution in [2.75, 3.05) is 6.61 Å². The molecule has 0 atom stereocenters. The second kappa shape index (κ2) is 7.79. The highest BCUT2D eigenvalue weighted by Gasteiger charge is 2.15. The summed E-state index contributed by atoms with van der Waals surface area (Å²) in [6, 6.07) is 8.54. The average Bonchev–Trinajstić information content (AvgIpc) is 2.56. The Labute approximate surface area is 143 Å². The van der Waals surface area contributed by atoms with Gasteiger partial charge in [0.2, 0.25) is 0 Å². The van der Waals surface area contributed by atoms with Crippen LogP contribution in [0.1, 0.15) is 21.5 Å². The smallest absolute Gasteiger partial charge is 0.342 e. The van der Waals surface area contributed by atoms with E-state index < -0.39 is 18.5 Å². The minimum atomic E-state index is -0.869. The number of amides is 1. The third-order valence-corrected chi connectivity index (χ3v) is 3.47. The molecule has 0 aliphatic rings. The van der Waals surface area contributed by atoms with Gasteiger partial charge in [-0.15, -0.1) is 0 Å². The van der Waals surface area contributed by atoms with Gasteiger partial charge in [-0.05, 0) is 42.3 Å². The lowest BCUT2D eigenvalue weighted by Gasteiger charge is -2.08. The molecule has 126 valence electrons. The van der Waals surface area contributed by atoms with Gasteiger partial charge in [-0.1, -0.05) is 23.7 Å². The van der Waals surface area contributed by atoms with Crippen LogP contribution in [0.25, 0.3) is 0 Å². The van der Waals surface area contributed by atoms with Gasteiger partial charge in [0.25, 0.3) is 5.91 Å². The molecule has 0 bridgehead atoms. The lowest BCUT2D eigenvalue weighted by molar-refractivity contribution is -0.124. The number of benzene rings is 2. The molecule has 0 aliphatic heterocycles. The summed E-state index contributed by atoms with van der Waals surface area (Å²) in [5.74, 6) is -2.07. The number of hydrogen-bond donors (Lipinski definition) is 2. The first kappa shape index (κ1) is 17.7. The Morgan fingerprint density at radius 2 is 2.00 bits per heavy atom. The molecule has 2 N–H and O–H groups in total. The molecule has 0 heterocycles. The van der Waals surface area contributed by atoms with Gasteiger partial charge >= 0.3 is 5.97 Å². The second-order valence-electron chi connectivity index (χ2n) is 5.10. The highest BCUT2D eigenvalue weighted by atomic mass is 35.5. The van der Waals surface area contributed by atoms with Crippen LogP contribution < -0.4 is 5.32 Å². The summed E-state index contributed by atoms with van der Waals surface area (Å²) in [6.45, 7) is 1.22. The van der Waals surface area contributed by atoms with Crippen LogP contribution in [-0.4, -0.2) is 23.6 Å². The Kier molecular flexibility index (Phi) is 5.76. The first-order valence-corrected chi connectivity index (χ1v) is 7.42. The molecule has 0 saturated carbocycles. The number of hydrogen-bond acceptors (Lipinski definition) is 4. The van der Waals surface area contributed by atoms with E-state index in [1.807, 2.05) is 0 Å². The van der Waals surface area contributed by atoms with Gasteiger partial charge in [-0.25, -0.2) is 9.18 Å². The van der Waals surface area contributed by atoms with Gasteiger partial charge in [-0.3, -0.25) is 4.79 Å². The summed E-state index contributed by atoms with van der Waals surface area (Å²) in [5, 5.41) is 12.3. The molecule has 0 radical (unpaired) electrons. The predicted molar refractivity (Wildman–Crippen MR) is 86.4 cm³/mol. The number of ether oxygens (including phenoxy) is 1. The van der Waals surface area contributed by atoms with Crippen molar-refractivity contribution in [1.82, 2.24) is 5.32 Å². The zero-order valence-electron chi connectivity index (χ0n) is 12.8. The molecule has 1 amide bonds. The number of aryl methyl sites for hydroxylation is 1. The molecule has 2 rings (SSSR count). The molecule has 24 heavy (non-hydrogen) atoms. The van der Waals surface area contributed by atoms with Crippen molar-refractivity contribution in [3.8, 4) is 5.75 Å². The van der Waals surface area contributed by atoms with Gasteiger partial charge in [0.05, 0.1) is 0 Å². The molecule has 0 spiro atoms. The number of carbonyl (C=O) groups is 2. The summed E-state index contributed by atoms with van der Waals surface area (Å²) in [6.07, 6.45) is 0. The van der Waals surface area contributed by atoms with E-state index in [1.165, 1.54) is 24.3 Å². The molecule has 0 aromatic heterocycles. The van der Waals surface area contributed by atoms with Crippen molar-refractivity contribution in [3.05, 3.63) is 63.9 Å². The van der Waals surface area contributed by atoms with Crippen LogP contribution in [-0.2, 0) is 16.1 Å². The molecule has 0 aliphatic carbocycles. The molecule has 0 fully saturated rings. The summed E-state index contributed by atoms with van der Waals surface area (Å²) >= 11 is 5.74. The summed E-state index contributed by atoms with van der Waals surface area (Å²) < 4.78 is 18.2. The van der Waals surface area contributed by atoms with Crippen molar-refractivity contribution in [2.24, 2.45) is 0 Å².